The van der Waals surface area contributed by atoms with Crippen molar-refractivity contribution < 1.29 is 48.6 Å². The number of hydrogen-bond acceptors (Lipinski definition) is 12. The number of fused-ring (bicyclic) bond motifs is 2. The van der Waals surface area contributed by atoms with Crippen LogP contribution in [0.4, 0.5) is 0 Å². The average Bonchev–Trinajstić information content (AvgIpc) is 3.88. The topological polar surface area (TPSA) is 385 Å². The predicted molar refractivity (Wildman–Crippen MR) is 248 cm³/mol. The summed E-state index contributed by atoms with van der Waals surface area (Å²) in [6.45, 7) is 6.08. The van der Waals surface area contributed by atoms with Crippen molar-refractivity contribution in [1.29, 1.82) is 0 Å². The summed E-state index contributed by atoms with van der Waals surface area (Å²) in [6.07, 6.45) is 0.198. The number of aliphatic hydroxyl groups is 2. The molecule has 9 atom stereocenters. The summed E-state index contributed by atoms with van der Waals surface area (Å²) in [5.74, 6) is -7.60. The molecule has 22 heteroatoms. The van der Waals surface area contributed by atoms with Crippen molar-refractivity contribution in [3.8, 4) is 0 Å². The van der Waals surface area contributed by atoms with E-state index in [4.69, 9.17) is 22.9 Å². The number of hydrogen-bond donors (Lipinski definition) is 14. The highest BCUT2D eigenvalue weighted by atomic mass is 16.3. The molecule has 0 radical (unpaired) electrons. The van der Waals surface area contributed by atoms with Crippen LogP contribution in [0.5, 0.6) is 0 Å². The van der Waals surface area contributed by atoms with Crippen LogP contribution < -0.4 is 54.8 Å². The highest BCUT2D eigenvalue weighted by Crippen LogP contribution is 2.21. The van der Waals surface area contributed by atoms with Gasteiger partial charge in [0.1, 0.15) is 36.3 Å². The van der Waals surface area contributed by atoms with Gasteiger partial charge in [-0.3, -0.25) is 38.4 Å². The molecule has 4 rings (SSSR count). The molecule has 0 fully saturated rings. The first kappa shape index (κ1) is 52.7. The second kappa shape index (κ2) is 24.6. The molecule has 0 bridgehead atoms. The van der Waals surface area contributed by atoms with Crippen molar-refractivity contribution in [2.75, 3.05) is 6.54 Å². The molecule has 0 saturated heterocycles. The molecular weight excluding hydrogens is 869 g/mol. The Labute approximate surface area is 386 Å². The Hall–Kier alpha value is -6.88. The van der Waals surface area contributed by atoms with Crippen LogP contribution >= 0.6 is 0 Å². The molecule has 0 aliphatic carbocycles. The number of carbonyl (C=O) groups excluding carboxylic acids is 8. The number of rotatable bonds is 26. The number of amides is 8. The van der Waals surface area contributed by atoms with Gasteiger partial charge in [-0.15, -0.1) is 0 Å². The monoisotopic (exact) mass is 932 g/mol. The van der Waals surface area contributed by atoms with Crippen LogP contribution in [0.1, 0.15) is 64.5 Å². The molecule has 4 aromatic rings. The quantitative estimate of drug-likeness (QED) is 0.0293. The number of carbonyl (C=O) groups is 8. The number of nitrogens with one attached hydrogen (secondary N) is 8. The zero-order valence-corrected chi connectivity index (χ0v) is 38.0. The maximum Gasteiger partial charge on any atom is 0.245 e. The molecule has 22 nitrogen and oxygen atoms in total. The van der Waals surface area contributed by atoms with Gasteiger partial charge < -0.3 is 75.0 Å². The number of aliphatic hydroxyl groups excluding tert-OH is 2. The minimum absolute atomic E-state index is 0.0361. The zero-order valence-electron chi connectivity index (χ0n) is 38.0. The summed E-state index contributed by atoms with van der Waals surface area (Å²) in [5, 5.41) is 38.4. The maximum absolute atomic E-state index is 14.4. The fourth-order valence-corrected chi connectivity index (χ4v) is 7.47. The Kier molecular flexibility index (Phi) is 19.4. The lowest BCUT2D eigenvalue weighted by atomic mass is 10.00. The second-order valence-corrected chi connectivity index (χ2v) is 17.0. The van der Waals surface area contributed by atoms with Crippen molar-refractivity contribution in [3.05, 3.63) is 72.1 Å². The van der Waals surface area contributed by atoms with Gasteiger partial charge in [0.25, 0.3) is 0 Å². The number of aromatic nitrogens is 2. The molecule has 0 spiro atoms. The van der Waals surface area contributed by atoms with Gasteiger partial charge in [0, 0.05) is 47.0 Å². The Morgan fingerprint density at radius 2 is 0.985 bits per heavy atom. The summed E-state index contributed by atoms with van der Waals surface area (Å²) in [6, 6.07) is 4.27. The van der Waals surface area contributed by atoms with E-state index in [1.165, 1.54) is 13.8 Å². The van der Waals surface area contributed by atoms with Crippen molar-refractivity contribution >= 4 is 69.1 Å². The first-order valence-corrected chi connectivity index (χ1v) is 22.0. The van der Waals surface area contributed by atoms with E-state index in [1.807, 2.05) is 18.2 Å². The standard InChI is InChI=1S/C45H64N12O10/c1-22(2)36(39(49)61)55-42(64)33(17-25-20-50-30-13-7-5-11-27(25)30)53-45(67)38(24(4)59)57-43(65)34(18-26-21-51-31-14-8-6-12-28(26)31)54-44(66)37(23(3)58)56-41(63)32(15-9-10-16-46)52-40(62)29(47)19-35(48)60/h5-8,11-14,20-24,29,32-34,36-38,50-51,58-59H,9-10,15-19,46-47H2,1-4H3,(H2,48,60)(H2,49,61)(H,52,62)(H,53,67)(H,54,66)(H,55,64)(H,56,63)(H,57,65)/t23-,24-,29+,32+,33+,34+,36+,37+,38+/m1/s1. The van der Waals surface area contributed by atoms with E-state index in [9.17, 15) is 48.6 Å². The van der Waals surface area contributed by atoms with Crippen molar-refractivity contribution in [2.45, 2.75) is 121 Å². The van der Waals surface area contributed by atoms with Gasteiger partial charge >= 0.3 is 0 Å². The summed E-state index contributed by atoms with van der Waals surface area (Å²) < 4.78 is 0. The van der Waals surface area contributed by atoms with Gasteiger partial charge in [-0.05, 0) is 68.8 Å². The fourth-order valence-electron chi connectivity index (χ4n) is 7.47. The van der Waals surface area contributed by atoms with Crippen molar-refractivity contribution in [2.24, 2.45) is 28.9 Å². The molecule has 2 aromatic heterocycles. The number of unbranched alkanes of at least 4 members (excludes halogenated alkanes) is 1. The van der Waals surface area contributed by atoms with Crippen LogP contribution in [0.3, 0.4) is 0 Å². The highest BCUT2D eigenvalue weighted by Gasteiger charge is 2.37. The molecule has 18 N–H and O–H groups in total. The molecule has 0 saturated carbocycles. The zero-order chi connectivity index (χ0) is 49.5. The first-order chi connectivity index (χ1) is 31.7. The van der Waals surface area contributed by atoms with E-state index in [0.717, 1.165) is 10.9 Å². The van der Waals surface area contributed by atoms with Crippen molar-refractivity contribution in [1.82, 2.24) is 41.9 Å². The van der Waals surface area contributed by atoms with E-state index < -0.39 is 114 Å². The third-order valence-electron chi connectivity index (χ3n) is 11.2. The predicted octanol–water partition coefficient (Wildman–Crippen LogP) is -2.42. The maximum atomic E-state index is 14.4. The number of aromatic amines is 2. The number of nitrogens with two attached hydrogens (primary N) is 4. The van der Waals surface area contributed by atoms with E-state index in [-0.39, 0.29) is 25.8 Å². The summed E-state index contributed by atoms with van der Waals surface area (Å²) in [4.78, 5) is 113. The highest BCUT2D eigenvalue weighted by molar-refractivity contribution is 5.98. The molecule has 2 heterocycles. The molecule has 364 valence electrons. The van der Waals surface area contributed by atoms with Gasteiger partial charge in [0.05, 0.1) is 24.7 Å². The molecule has 0 aliphatic heterocycles. The Morgan fingerprint density at radius 3 is 1.39 bits per heavy atom. The third-order valence-corrected chi connectivity index (χ3v) is 11.2. The van der Waals surface area contributed by atoms with Crippen LogP contribution in [-0.4, -0.2) is 128 Å². The average molecular weight is 933 g/mol. The molecule has 8 amide bonds. The summed E-state index contributed by atoms with van der Waals surface area (Å²) in [5.41, 5.74) is 24.8. The van der Waals surface area contributed by atoms with Crippen LogP contribution in [-0.2, 0) is 51.2 Å². The minimum atomic E-state index is -1.73. The smallest absolute Gasteiger partial charge is 0.245 e. The van der Waals surface area contributed by atoms with Gasteiger partial charge in [0.2, 0.25) is 47.3 Å². The lowest BCUT2D eigenvalue weighted by Crippen LogP contribution is -2.63. The lowest BCUT2D eigenvalue weighted by Gasteiger charge is -2.29. The van der Waals surface area contributed by atoms with Crippen LogP contribution in [0.25, 0.3) is 21.8 Å². The third kappa shape index (κ3) is 14.8. The first-order valence-electron chi connectivity index (χ1n) is 22.0. The van der Waals surface area contributed by atoms with Gasteiger partial charge in [-0.2, -0.15) is 0 Å². The summed E-state index contributed by atoms with van der Waals surface area (Å²) in [7, 11) is 0. The molecule has 2 aromatic carbocycles. The van der Waals surface area contributed by atoms with E-state index >= 15 is 0 Å². The second-order valence-electron chi connectivity index (χ2n) is 17.0. The number of para-hydroxylation sites is 2. The number of primary amides is 2. The summed E-state index contributed by atoms with van der Waals surface area (Å²) >= 11 is 0. The molecular formula is C45H64N12O10. The molecule has 67 heavy (non-hydrogen) atoms. The van der Waals surface area contributed by atoms with Crippen LogP contribution in [0, 0.1) is 5.92 Å². The van der Waals surface area contributed by atoms with E-state index in [1.54, 1.807) is 56.6 Å². The van der Waals surface area contributed by atoms with Crippen LogP contribution in [0.2, 0.25) is 0 Å². The van der Waals surface area contributed by atoms with Gasteiger partial charge in [-0.25, -0.2) is 0 Å². The Balaban J connectivity index is 1.63. The van der Waals surface area contributed by atoms with E-state index in [2.05, 4.69) is 41.9 Å². The van der Waals surface area contributed by atoms with Gasteiger partial charge in [0.15, 0.2) is 0 Å². The number of benzene rings is 2. The Morgan fingerprint density at radius 1 is 0.567 bits per heavy atom. The van der Waals surface area contributed by atoms with Crippen LogP contribution in [0.15, 0.2) is 60.9 Å². The normalized spacial score (nSPS) is 15.5. The van der Waals surface area contributed by atoms with Crippen molar-refractivity contribution in [3.63, 3.8) is 0 Å². The lowest BCUT2D eigenvalue weighted by molar-refractivity contribution is -0.137. The number of H-pyrrole nitrogens is 2. The largest absolute Gasteiger partial charge is 0.391 e. The molecule has 0 aliphatic rings. The fraction of sp³-hybridized carbons (Fsp3) is 0.467. The van der Waals surface area contributed by atoms with E-state index in [0.29, 0.717) is 34.9 Å². The SMILES string of the molecule is CC(C)[C@H](NC(=O)[C@H](Cc1c[nH]c2ccccc12)NC(=O)[C@@H](NC(=O)[C@H](Cc1c[nH]c2ccccc12)NC(=O)[C@@H](NC(=O)[C@H](CCCCN)NC(=O)[C@@H](N)CC(N)=O)[C@@H](C)O)[C@@H](C)O)C(N)=O. The molecule has 0 unspecified atom stereocenters. The Bertz CT molecular complexity index is 2380. The van der Waals surface area contributed by atoms with Gasteiger partial charge in [-0.1, -0.05) is 50.2 Å². The minimum Gasteiger partial charge on any atom is -0.391 e.